The average molecular weight is 494 g/mol. The standard InChI is InChI=1S/C27H31N3O4S/c1-21(19-27(2,3)22-12-7-5-8-13-22)28-29-26(31)20-30(23-14-11-15-24(18-23)34-4)35(32,33)25-16-9-6-10-17-25/h5-18H,19-20H2,1-4H3,(H,29,31)/b28-21-. The Balaban J connectivity index is 1.80. The SMILES string of the molecule is COc1cccc(N(CC(=O)N/N=C(/C)CC(C)(C)c2ccccc2)S(=O)(=O)c2ccccc2)c1. The van der Waals surface area contributed by atoms with Crippen LogP contribution >= 0.6 is 0 Å². The maximum Gasteiger partial charge on any atom is 0.264 e. The number of amides is 1. The second-order valence-corrected chi connectivity index (χ2v) is 10.7. The first kappa shape index (κ1) is 26.0. The number of carbonyl (C=O) groups is 1. The highest BCUT2D eigenvalue weighted by atomic mass is 32.2. The molecule has 3 rings (SSSR count). The molecule has 7 nitrogen and oxygen atoms in total. The normalized spacial score (nSPS) is 12.2. The van der Waals surface area contributed by atoms with Gasteiger partial charge in [0.15, 0.2) is 0 Å². The Morgan fingerprint density at radius 3 is 2.23 bits per heavy atom. The zero-order valence-electron chi connectivity index (χ0n) is 20.4. The topological polar surface area (TPSA) is 88.1 Å². The van der Waals surface area contributed by atoms with Crippen LogP contribution in [0.2, 0.25) is 0 Å². The van der Waals surface area contributed by atoms with Crippen molar-refractivity contribution in [1.82, 2.24) is 5.43 Å². The number of nitrogens with one attached hydrogen (secondary N) is 1. The van der Waals surface area contributed by atoms with E-state index >= 15 is 0 Å². The fourth-order valence-corrected chi connectivity index (χ4v) is 5.23. The van der Waals surface area contributed by atoms with Crippen molar-refractivity contribution in [2.75, 3.05) is 18.0 Å². The lowest BCUT2D eigenvalue weighted by molar-refractivity contribution is -0.119. The quantitative estimate of drug-likeness (QED) is 0.326. The first-order valence-corrected chi connectivity index (χ1v) is 12.7. The summed E-state index contributed by atoms with van der Waals surface area (Å²) in [5.41, 5.74) is 4.55. The zero-order valence-corrected chi connectivity index (χ0v) is 21.2. The van der Waals surface area contributed by atoms with Crippen LogP contribution in [0.25, 0.3) is 0 Å². The molecule has 1 amide bonds. The Kier molecular flexibility index (Phi) is 8.30. The van der Waals surface area contributed by atoms with Crippen LogP contribution < -0.4 is 14.5 Å². The van der Waals surface area contributed by atoms with E-state index in [1.54, 1.807) is 42.5 Å². The van der Waals surface area contributed by atoms with Crippen LogP contribution in [0.5, 0.6) is 5.75 Å². The average Bonchev–Trinajstić information content (AvgIpc) is 2.86. The summed E-state index contributed by atoms with van der Waals surface area (Å²) in [5, 5.41) is 4.24. The Hall–Kier alpha value is -3.65. The van der Waals surface area contributed by atoms with Gasteiger partial charge in [0, 0.05) is 11.8 Å². The summed E-state index contributed by atoms with van der Waals surface area (Å²) >= 11 is 0. The molecule has 0 aliphatic heterocycles. The van der Waals surface area contributed by atoms with Crippen LogP contribution in [0.15, 0.2) is 94.9 Å². The Morgan fingerprint density at radius 2 is 1.60 bits per heavy atom. The minimum atomic E-state index is -4.01. The van der Waals surface area contributed by atoms with Gasteiger partial charge >= 0.3 is 0 Å². The zero-order chi connectivity index (χ0) is 25.5. The Labute approximate surface area is 207 Å². The number of ether oxygens (including phenoxy) is 1. The summed E-state index contributed by atoms with van der Waals surface area (Å²) in [6, 6.07) is 24.6. The molecule has 0 aliphatic rings. The molecule has 0 unspecified atom stereocenters. The van der Waals surface area contributed by atoms with Gasteiger partial charge in [0.25, 0.3) is 15.9 Å². The van der Waals surface area contributed by atoms with Crippen LogP contribution in [0.4, 0.5) is 5.69 Å². The van der Waals surface area contributed by atoms with E-state index < -0.39 is 22.5 Å². The van der Waals surface area contributed by atoms with Gasteiger partial charge in [-0.1, -0.05) is 68.4 Å². The number of carbonyl (C=O) groups excluding carboxylic acids is 1. The maximum absolute atomic E-state index is 13.4. The molecule has 0 aliphatic carbocycles. The third-order valence-corrected chi connectivity index (χ3v) is 7.37. The van der Waals surface area contributed by atoms with E-state index in [4.69, 9.17) is 4.74 Å². The molecule has 0 heterocycles. The molecule has 35 heavy (non-hydrogen) atoms. The lowest BCUT2D eigenvalue weighted by Gasteiger charge is -2.25. The first-order valence-electron chi connectivity index (χ1n) is 11.2. The highest BCUT2D eigenvalue weighted by molar-refractivity contribution is 7.92. The van der Waals surface area contributed by atoms with Crippen LogP contribution in [-0.2, 0) is 20.2 Å². The lowest BCUT2D eigenvalue weighted by Crippen LogP contribution is -2.39. The van der Waals surface area contributed by atoms with Crippen molar-refractivity contribution in [3.63, 3.8) is 0 Å². The molecule has 0 radical (unpaired) electrons. The molecule has 1 N–H and O–H groups in total. The monoisotopic (exact) mass is 493 g/mol. The van der Waals surface area contributed by atoms with E-state index in [0.717, 1.165) is 10.0 Å². The molecular formula is C27H31N3O4S. The minimum absolute atomic E-state index is 0.0833. The second-order valence-electron chi connectivity index (χ2n) is 8.83. The molecule has 0 saturated heterocycles. The third-order valence-electron chi connectivity index (χ3n) is 5.58. The number of nitrogens with zero attached hydrogens (tertiary/aromatic N) is 2. The number of anilines is 1. The van der Waals surface area contributed by atoms with Crippen LogP contribution in [0, 0.1) is 0 Å². The third kappa shape index (κ3) is 6.70. The fourth-order valence-electron chi connectivity index (χ4n) is 3.79. The minimum Gasteiger partial charge on any atom is -0.497 e. The smallest absolute Gasteiger partial charge is 0.264 e. The summed E-state index contributed by atoms with van der Waals surface area (Å²) in [7, 11) is -2.51. The first-order chi connectivity index (χ1) is 16.6. The molecule has 0 saturated carbocycles. The fraction of sp³-hybridized carbons (Fsp3) is 0.259. The predicted molar refractivity (Wildman–Crippen MR) is 139 cm³/mol. The van der Waals surface area contributed by atoms with Crippen molar-refractivity contribution in [3.05, 3.63) is 90.5 Å². The van der Waals surface area contributed by atoms with E-state index in [0.29, 0.717) is 17.9 Å². The molecule has 0 bridgehead atoms. The highest BCUT2D eigenvalue weighted by Crippen LogP contribution is 2.28. The Bertz CT molecular complexity index is 1270. The van der Waals surface area contributed by atoms with Crippen LogP contribution in [-0.4, -0.2) is 33.7 Å². The number of sulfonamides is 1. The van der Waals surface area contributed by atoms with Gasteiger partial charge in [-0.3, -0.25) is 9.10 Å². The lowest BCUT2D eigenvalue weighted by atomic mass is 9.80. The van der Waals surface area contributed by atoms with Gasteiger partial charge in [0.2, 0.25) is 0 Å². The largest absolute Gasteiger partial charge is 0.497 e. The van der Waals surface area contributed by atoms with Crippen LogP contribution in [0.3, 0.4) is 0 Å². The van der Waals surface area contributed by atoms with Crippen molar-refractivity contribution < 1.29 is 17.9 Å². The number of methoxy groups -OCH3 is 1. The predicted octanol–water partition coefficient (Wildman–Crippen LogP) is 4.75. The number of benzene rings is 3. The highest BCUT2D eigenvalue weighted by Gasteiger charge is 2.27. The van der Waals surface area contributed by atoms with Crippen molar-refractivity contribution in [2.45, 2.75) is 37.5 Å². The summed E-state index contributed by atoms with van der Waals surface area (Å²) in [6.45, 7) is 5.62. The molecule has 3 aromatic rings. The number of hydrogen-bond donors (Lipinski definition) is 1. The second kappa shape index (κ2) is 11.2. The summed E-state index contributed by atoms with van der Waals surface area (Å²) in [5.74, 6) is -0.0719. The molecule has 184 valence electrons. The van der Waals surface area contributed by atoms with Crippen LogP contribution in [0.1, 0.15) is 32.8 Å². The molecule has 0 aromatic heterocycles. The summed E-state index contributed by atoms with van der Waals surface area (Å²) < 4.78 is 33.1. The maximum atomic E-state index is 13.4. The molecule has 0 fully saturated rings. The molecule has 0 atom stereocenters. The van der Waals surface area contributed by atoms with Gasteiger partial charge in [-0.25, -0.2) is 13.8 Å². The van der Waals surface area contributed by atoms with Gasteiger partial charge in [0.1, 0.15) is 12.3 Å². The van der Waals surface area contributed by atoms with Gasteiger partial charge in [-0.15, -0.1) is 0 Å². The summed E-state index contributed by atoms with van der Waals surface area (Å²) in [6.07, 6.45) is 0.624. The summed E-state index contributed by atoms with van der Waals surface area (Å²) in [4.78, 5) is 12.9. The number of hydrazone groups is 1. The molecular weight excluding hydrogens is 462 g/mol. The van der Waals surface area contributed by atoms with E-state index in [1.165, 1.54) is 24.8 Å². The van der Waals surface area contributed by atoms with Crippen molar-refractivity contribution in [1.29, 1.82) is 0 Å². The van der Waals surface area contributed by atoms with Crippen molar-refractivity contribution >= 4 is 27.3 Å². The molecule has 8 heteroatoms. The van der Waals surface area contributed by atoms with Crippen molar-refractivity contribution in [2.24, 2.45) is 5.10 Å². The van der Waals surface area contributed by atoms with Gasteiger partial charge in [0.05, 0.1) is 17.7 Å². The van der Waals surface area contributed by atoms with Crippen molar-refractivity contribution in [3.8, 4) is 5.75 Å². The van der Waals surface area contributed by atoms with Gasteiger partial charge in [-0.2, -0.15) is 5.10 Å². The molecule has 3 aromatic carbocycles. The number of hydrogen-bond acceptors (Lipinski definition) is 5. The van der Waals surface area contributed by atoms with E-state index in [9.17, 15) is 13.2 Å². The van der Waals surface area contributed by atoms with Gasteiger partial charge in [-0.05, 0) is 48.6 Å². The Morgan fingerprint density at radius 1 is 0.971 bits per heavy atom. The van der Waals surface area contributed by atoms with E-state index in [1.807, 2.05) is 25.1 Å². The molecule has 0 spiro atoms. The number of rotatable bonds is 10. The van der Waals surface area contributed by atoms with E-state index in [2.05, 4.69) is 36.5 Å². The van der Waals surface area contributed by atoms with E-state index in [-0.39, 0.29) is 10.3 Å². The van der Waals surface area contributed by atoms with Gasteiger partial charge < -0.3 is 4.74 Å².